The van der Waals surface area contributed by atoms with Gasteiger partial charge >= 0.3 is 11.7 Å². The molecule has 2 aromatic carbocycles. The van der Waals surface area contributed by atoms with Gasteiger partial charge in [-0.05, 0) is 54.8 Å². The molecule has 178 valence electrons. The van der Waals surface area contributed by atoms with Gasteiger partial charge in [0.15, 0.2) is 5.65 Å². The minimum Gasteiger partial charge on any atom is -0.326 e. The quantitative estimate of drug-likeness (QED) is 0.467. The predicted molar refractivity (Wildman–Crippen MR) is 133 cm³/mol. The Morgan fingerprint density at radius 1 is 0.943 bits per heavy atom. The van der Waals surface area contributed by atoms with Crippen LogP contribution in [-0.2, 0) is 11.3 Å². The van der Waals surface area contributed by atoms with Gasteiger partial charge in [-0.15, -0.1) is 5.10 Å². The summed E-state index contributed by atoms with van der Waals surface area (Å²) in [5, 5.41) is 10.2. The second kappa shape index (κ2) is 9.84. The molecule has 1 aliphatic rings. The first-order valence-electron chi connectivity index (χ1n) is 11.6. The number of aromatic nitrogens is 3. The smallest absolute Gasteiger partial charge is 0.326 e. The van der Waals surface area contributed by atoms with E-state index in [1.54, 1.807) is 23.2 Å². The summed E-state index contributed by atoms with van der Waals surface area (Å²) >= 11 is 0. The number of anilines is 2. The molecule has 0 bridgehead atoms. The fourth-order valence-corrected chi connectivity index (χ4v) is 4.34. The maximum Gasteiger partial charge on any atom is 0.350 e. The van der Waals surface area contributed by atoms with Crippen LogP contribution in [0.5, 0.6) is 0 Å². The van der Waals surface area contributed by atoms with Crippen molar-refractivity contribution in [2.75, 3.05) is 23.7 Å². The van der Waals surface area contributed by atoms with Gasteiger partial charge in [0, 0.05) is 30.7 Å². The van der Waals surface area contributed by atoms with Crippen LogP contribution in [-0.4, -0.2) is 44.1 Å². The molecule has 9 nitrogen and oxygen atoms in total. The number of likely N-dealkylation sites (tertiary alicyclic amines) is 1. The van der Waals surface area contributed by atoms with Crippen molar-refractivity contribution in [3.05, 3.63) is 95.0 Å². The molecule has 1 unspecified atom stereocenters. The van der Waals surface area contributed by atoms with Crippen LogP contribution in [0.3, 0.4) is 0 Å². The summed E-state index contributed by atoms with van der Waals surface area (Å²) < 4.78 is 2.90. The number of para-hydroxylation sites is 1. The Morgan fingerprint density at radius 2 is 1.74 bits per heavy atom. The number of urea groups is 1. The van der Waals surface area contributed by atoms with E-state index in [1.807, 2.05) is 60.7 Å². The van der Waals surface area contributed by atoms with Crippen molar-refractivity contribution in [2.24, 2.45) is 5.92 Å². The average molecular weight is 471 g/mol. The minimum absolute atomic E-state index is 0.121. The molecule has 0 spiro atoms. The second-order valence-electron chi connectivity index (χ2n) is 8.64. The van der Waals surface area contributed by atoms with E-state index >= 15 is 0 Å². The second-order valence-corrected chi connectivity index (χ2v) is 8.64. The third kappa shape index (κ3) is 5.08. The Labute approximate surface area is 202 Å². The average Bonchev–Trinajstić information content (AvgIpc) is 3.20. The molecule has 35 heavy (non-hydrogen) atoms. The Balaban J connectivity index is 1.22. The molecule has 0 saturated carbocycles. The molecule has 3 amide bonds. The van der Waals surface area contributed by atoms with Gasteiger partial charge in [-0.25, -0.2) is 14.3 Å². The monoisotopic (exact) mass is 470 g/mol. The number of fused-ring (bicyclic) bond motifs is 1. The fraction of sp³-hybridized carbons (Fsp3) is 0.231. The normalized spacial score (nSPS) is 15.7. The topological polar surface area (TPSA) is 101 Å². The van der Waals surface area contributed by atoms with Crippen molar-refractivity contribution in [1.29, 1.82) is 0 Å². The number of piperidine rings is 1. The summed E-state index contributed by atoms with van der Waals surface area (Å²) in [5.74, 6) is -0.417. The van der Waals surface area contributed by atoms with Crippen LogP contribution in [0.1, 0.15) is 18.4 Å². The van der Waals surface area contributed by atoms with Gasteiger partial charge in [0.05, 0.1) is 12.5 Å². The van der Waals surface area contributed by atoms with Crippen LogP contribution in [0.15, 0.2) is 83.8 Å². The van der Waals surface area contributed by atoms with Crippen molar-refractivity contribution < 1.29 is 9.59 Å². The van der Waals surface area contributed by atoms with Crippen LogP contribution in [0.25, 0.3) is 5.65 Å². The number of hydrogen-bond acceptors (Lipinski definition) is 4. The molecule has 3 heterocycles. The SMILES string of the molecule is O=C(Nc1cccc(Cn2nc3ccccn3c2=O)c1)C1CCCN(C(=O)Nc2ccccc2)C1. The van der Waals surface area contributed by atoms with Crippen molar-refractivity contribution >= 4 is 29.0 Å². The molecule has 1 fully saturated rings. The molecule has 1 atom stereocenters. The van der Waals surface area contributed by atoms with E-state index in [-0.39, 0.29) is 23.5 Å². The van der Waals surface area contributed by atoms with Gasteiger partial charge in [-0.1, -0.05) is 36.4 Å². The van der Waals surface area contributed by atoms with E-state index in [4.69, 9.17) is 0 Å². The third-order valence-electron chi connectivity index (χ3n) is 6.12. The number of nitrogens with zero attached hydrogens (tertiary/aromatic N) is 4. The maximum absolute atomic E-state index is 13.0. The molecule has 0 radical (unpaired) electrons. The van der Waals surface area contributed by atoms with E-state index in [9.17, 15) is 14.4 Å². The molecule has 4 aromatic rings. The highest BCUT2D eigenvalue weighted by Gasteiger charge is 2.28. The molecule has 1 aliphatic heterocycles. The van der Waals surface area contributed by atoms with E-state index in [1.165, 1.54) is 9.08 Å². The predicted octanol–water partition coefficient (Wildman–Crippen LogP) is 3.43. The van der Waals surface area contributed by atoms with Crippen LogP contribution < -0.4 is 16.3 Å². The Hall–Kier alpha value is -4.40. The molecule has 0 aliphatic carbocycles. The number of carbonyl (C=O) groups excluding carboxylic acids is 2. The number of rotatable bonds is 5. The van der Waals surface area contributed by atoms with Crippen molar-refractivity contribution in [3.8, 4) is 0 Å². The van der Waals surface area contributed by atoms with Crippen molar-refractivity contribution in [3.63, 3.8) is 0 Å². The zero-order valence-corrected chi connectivity index (χ0v) is 19.1. The van der Waals surface area contributed by atoms with Gasteiger partial charge in [-0.3, -0.25) is 9.20 Å². The summed E-state index contributed by atoms with van der Waals surface area (Å²) in [6.45, 7) is 1.27. The first-order valence-corrected chi connectivity index (χ1v) is 11.6. The largest absolute Gasteiger partial charge is 0.350 e. The van der Waals surface area contributed by atoms with Crippen LogP contribution >= 0.6 is 0 Å². The number of hydrogen-bond donors (Lipinski definition) is 2. The summed E-state index contributed by atoms with van der Waals surface area (Å²) in [7, 11) is 0. The summed E-state index contributed by atoms with van der Waals surface area (Å²) in [6.07, 6.45) is 3.17. The molecular formula is C26H26N6O3. The maximum atomic E-state index is 13.0. The molecular weight excluding hydrogens is 444 g/mol. The molecule has 2 N–H and O–H groups in total. The first kappa shape index (κ1) is 22.4. The number of benzene rings is 2. The molecule has 9 heteroatoms. The van der Waals surface area contributed by atoms with Crippen molar-refractivity contribution in [2.45, 2.75) is 19.4 Å². The highest BCUT2D eigenvalue weighted by Crippen LogP contribution is 2.20. The zero-order valence-electron chi connectivity index (χ0n) is 19.1. The van der Waals surface area contributed by atoms with Gasteiger partial charge in [-0.2, -0.15) is 0 Å². The Bertz CT molecular complexity index is 1410. The number of amides is 3. The highest BCUT2D eigenvalue weighted by atomic mass is 16.2. The van der Waals surface area contributed by atoms with E-state index < -0.39 is 0 Å². The summed E-state index contributed by atoms with van der Waals surface area (Å²) in [5.41, 5.74) is 2.59. The van der Waals surface area contributed by atoms with E-state index in [0.29, 0.717) is 31.0 Å². The minimum atomic E-state index is -0.296. The number of carbonyl (C=O) groups is 2. The lowest BCUT2D eigenvalue weighted by atomic mass is 9.97. The lowest BCUT2D eigenvalue weighted by molar-refractivity contribution is -0.121. The van der Waals surface area contributed by atoms with Gasteiger partial charge < -0.3 is 15.5 Å². The first-order chi connectivity index (χ1) is 17.1. The summed E-state index contributed by atoms with van der Waals surface area (Å²) in [6, 6.07) is 21.9. The molecule has 2 aromatic heterocycles. The van der Waals surface area contributed by atoms with Crippen LogP contribution in [0, 0.1) is 5.92 Å². The number of nitrogens with one attached hydrogen (secondary N) is 2. The lowest BCUT2D eigenvalue weighted by Gasteiger charge is -2.32. The number of pyridine rings is 1. The third-order valence-corrected chi connectivity index (χ3v) is 6.12. The summed E-state index contributed by atoms with van der Waals surface area (Å²) in [4.78, 5) is 39.9. The van der Waals surface area contributed by atoms with Gasteiger partial charge in [0.2, 0.25) is 5.91 Å². The zero-order chi connectivity index (χ0) is 24.2. The Morgan fingerprint density at radius 3 is 2.57 bits per heavy atom. The van der Waals surface area contributed by atoms with Gasteiger partial charge in [0.25, 0.3) is 0 Å². The molecule has 5 rings (SSSR count). The Kier molecular flexibility index (Phi) is 6.30. The van der Waals surface area contributed by atoms with Crippen molar-refractivity contribution in [1.82, 2.24) is 19.1 Å². The van der Waals surface area contributed by atoms with E-state index in [0.717, 1.165) is 24.1 Å². The van der Waals surface area contributed by atoms with Crippen LogP contribution in [0.4, 0.5) is 16.2 Å². The van der Waals surface area contributed by atoms with E-state index in [2.05, 4.69) is 15.7 Å². The van der Waals surface area contributed by atoms with Gasteiger partial charge in [0.1, 0.15) is 0 Å². The lowest BCUT2D eigenvalue weighted by Crippen LogP contribution is -2.45. The highest BCUT2D eigenvalue weighted by molar-refractivity contribution is 5.94. The molecule has 1 saturated heterocycles. The van der Waals surface area contributed by atoms with Crippen LogP contribution in [0.2, 0.25) is 0 Å². The fourth-order valence-electron chi connectivity index (χ4n) is 4.34. The standard InChI is InChI=1S/C26H26N6O3/c33-24(20-9-7-14-30(18-20)25(34)28-21-10-2-1-3-11-21)27-22-12-6-8-19(16-22)17-32-26(35)31-15-5-4-13-23(31)29-32/h1-6,8,10-13,15-16,20H,7,9,14,17-18H2,(H,27,33)(H,28,34).